The fourth-order valence-corrected chi connectivity index (χ4v) is 10.3. The second-order valence-corrected chi connectivity index (χ2v) is 18.6. The number of aliphatic hydroxyl groups is 1. The molecule has 1 aromatic heterocycles. The molecule has 2 atom stereocenters. The fourth-order valence-electron chi connectivity index (χ4n) is 8.69. The Kier molecular flexibility index (Phi) is 12.9. The molecule has 4 aliphatic rings. The van der Waals surface area contributed by atoms with Crippen LogP contribution in [0.15, 0.2) is 47.5 Å². The Morgan fingerprint density at radius 1 is 1.00 bits per heavy atom. The third-order valence-corrected chi connectivity index (χ3v) is 13.7. The molecule has 1 saturated carbocycles. The first-order chi connectivity index (χ1) is 28.3. The van der Waals surface area contributed by atoms with Gasteiger partial charge in [-0.15, -0.1) is 0 Å². The van der Waals surface area contributed by atoms with E-state index in [2.05, 4.69) is 35.1 Å². The summed E-state index contributed by atoms with van der Waals surface area (Å²) < 4.78 is 100. The molecule has 2 amide bonds. The van der Waals surface area contributed by atoms with Crippen LogP contribution in [0.1, 0.15) is 87.3 Å². The van der Waals surface area contributed by atoms with Crippen molar-refractivity contribution >= 4 is 56.6 Å². The third kappa shape index (κ3) is 10.3. The quantitative estimate of drug-likeness (QED) is 0.125. The zero-order chi connectivity index (χ0) is 43.0. The number of sulfonamides is 1. The van der Waals surface area contributed by atoms with Gasteiger partial charge in [0.1, 0.15) is 11.4 Å². The van der Waals surface area contributed by atoms with E-state index in [1.54, 1.807) is 0 Å². The number of carbonyl (C=O) groups excluding carboxylic acids is 2. The molecule has 1 unspecified atom stereocenters. The zero-order valence-corrected chi connectivity index (χ0v) is 34.5. The molecule has 3 saturated heterocycles. The zero-order valence-electron chi connectivity index (χ0n) is 32.9. The minimum Gasteiger partial charge on any atom is -0.388 e. The number of imide groups is 1. The molecule has 0 radical (unpaired) electrons. The van der Waals surface area contributed by atoms with E-state index in [1.807, 2.05) is 18.2 Å². The van der Waals surface area contributed by atoms with Crippen LogP contribution in [0.3, 0.4) is 0 Å². The summed E-state index contributed by atoms with van der Waals surface area (Å²) in [6.45, 7) is 5.63. The molecule has 3 aliphatic heterocycles. The van der Waals surface area contributed by atoms with Gasteiger partial charge in [-0.2, -0.15) is 18.2 Å². The Morgan fingerprint density at radius 3 is 2.38 bits per heavy atom. The summed E-state index contributed by atoms with van der Waals surface area (Å²) in [5.41, 5.74) is -1.69. The fraction of sp³-hybridized carbons (Fsp3) is 0.550. The molecule has 2 aromatic carbocycles. The molecule has 60 heavy (non-hydrogen) atoms. The molecule has 3 aromatic rings. The Hall–Kier alpha value is -4.17. The van der Waals surface area contributed by atoms with Crippen molar-refractivity contribution in [2.75, 3.05) is 60.9 Å². The van der Waals surface area contributed by atoms with Gasteiger partial charge in [-0.3, -0.25) is 19.8 Å². The van der Waals surface area contributed by atoms with Gasteiger partial charge >= 0.3 is 6.18 Å². The van der Waals surface area contributed by atoms with Crippen LogP contribution in [0.5, 0.6) is 0 Å². The van der Waals surface area contributed by atoms with Crippen molar-refractivity contribution in [3.05, 3.63) is 64.3 Å². The summed E-state index contributed by atoms with van der Waals surface area (Å²) in [6, 6.07) is 8.41. The molecule has 4 fully saturated rings. The number of aromatic nitrogens is 2. The number of hydrogen-bond acceptors (Lipinski definition) is 11. The van der Waals surface area contributed by atoms with E-state index < -0.39 is 63.1 Å². The van der Waals surface area contributed by atoms with Crippen LogP contribution < -0.4 is 25.2 Å². The molecule has 0 bridgehead atoms. The van der Waals surface area contributed by atoms with E-state index in [1.165, 1.54) is 11.8 Å². The van der Waals surface area contributed by atoms with E-state index in [0.717, 1.165) is 69.5 Å². The number of β-amino-alcohol motifs (C(OH)–C–C–N with tert-alkyl or cyclic N) is 1. The average molecular weight is 883 g/mol. The molecule has 326 valence electrons. The van der Waals surface area contributed by atoms with Gasteiger partial charge in [0.05, 0.1) is 16.4 Å². The number of nitrogens with one attached hydrogen (secondary N) is 3. The first-order valence-corrected chi connectivity index (χ1v) is 21.9. The van der Waals surface area contributed by atoms with Crippen LogP contribution in [0.2, 0.25) is 5.02 Å². The number of alkyl halides is 5. The number of hydrogen-bond donors (Lipinski definition) is 4. The molecule has 4 heterocycles. The predicted octanol–water partition coefficient (Wildman–Crippen LogP) is 6.36. The van der Waals surface area contributed by atoms with Crippen LogP contribution in [0.4, 0.5) is 45.1 Å². The number of nitrogens with zero attached hydrogens (tertiary/aromatic N) is 5. The number of benzene rings is 2. The van der Waals surface area contributed by atoms with Crippen LogP contribution >= 0.6 is 11.6 Å². The predicted molar refractivity (Wildman–Crippen MR) is 215 cm³/mol. The van der Waals surface area contributed by atoms with Gasteiger partial charge in [-0.1, -0.05) is 17.7 Å². The van der Waals surface area contributed by atoms with Crippen molar-refractivity contribution in [1.29, 1.82) is 0 Å². The lowest BCUT2D eigenvalue weighted by Gasteiger charge is -2.39. The smallest absolute Gasteiger partial charge is 0.388 e. The number of anilines is 4. The summed E-state index contributed by atoms with van der Waals surface area (Å²) in [6.07, 6.45) is -3.22. The lowest BCUT2D eigenvalue weighted by Crippen LogP contribution is -2.48. The van der Waals surface area contributed by atoms with Gasteiger partial charge in [-0.25, -0.2) is 26.9 Å². The summed E-state index contributed by atoms with van der Waals surface area (Å²) >= 11 is 6.61. The lowest BCUT2D eigenvalue weighted by atomic mass is 9.86. The van der Waals surface area contributed by atoms with E-state index in [-0.39, 0.29) is 41.9 Å². The highest BCUT2D eigenvalue weighted by molar-refractivity contribution is 7.89. The van der Waals surface area contributed by atoms with Crippen molar-refractivity contribution in [2.24, 2.45) is 5.92 Å². The normalized spacial score (nSPS) is 24.8. The van der Waals surface area contributed by atoms with Crippen LogP contribution in [0.25, 0.3) is 0 Å². The SMILES string of the molecule is C[C@]1(O)CCCN(c2nc(Nc3ccc(S(=O)(=O)NC4CCC(CN5CCN(c6ccc(C7CCC(=O)NC7=O)c(Cl)c6)CC5)CC4)cc3C(F)F)ncc2C(F)(F)F)C1. The summed E-state index contributed by atoms with van der Waals surface area (Å²) in [5, 5.41) is 15.9. The molecule has 0 spiro atoms. The summed E-state index contributed by atoms with van der Waals surface area (Å²) in [4.78, 5) is 37.2. The van der Waals surface area contributed by atoms with Crippen molar-refractivity contribution in [3.63, 3.8) is 0 Å². The second kappa shape index (κ2) is 17.7. The molecular formula is C40H48ClF5N8O5S. The molecule has 4 N–H and O–H groups in total. The highest BCUT2D eigenvalue weighted by Crippen LogP contribution is 2.39. The number of piperazine rings is 1. The second-order valence-electron chi connectivity index (χ2n) is 16.5. The highest BCUT2D eigenvalue weighted by atomic mass is 35.5. The maximum absolute atomic E-state index is 14.4. The number of carbonyl (C=O) groups is 2. The topological polar surface area (TPSA) is 160 Å². The Balaban J connectivity index is 0.920. The van der Waals surface area contributed by atoms with Crippen LogP contribution in [-0.4, -0.2) is 97.7 Å². The largest absolute Gasteiger partial charge is 0.421 e. The third-order valence-electron chi connectivity index (χ3n) is 11.9. The lowest BCUT2D eigenvalue weighted by molar-refractivity contribution is -0.138. The highest BCUT2D eigenvalue weighted by Gasteiger charge is 2.40. The molecule has 13 nitrogen and oxygen atoms in total. The van der Waals surface area contributed by atoms with Crippen molar-refractivity contribution in [2.45, 2.75) is 93.3 Å². The standard InChI is InChI=1S/C40H48ClF5N8O5S/c1-39(57)13-2-14-54(23-39)36-31(40(44,45)46)21-47-38(50-36)48-33-11-8-27(20-30(33)35(42)43)60(58,59)51-25-5-3-24(4-6-25)22-52-15-17-53(18-16-52)26-7-9-28(32(41)19-26)29-10-12-34(55)49-37(29)56/h7-9,11,19-21,24-25,29,35,51,57H,2-6,10,12-18,22-23H2,1H3,(H,47,48,50)(H,49,55,56)/t24?,25?,29?,39-/m0/s1. The van der Waals surface area contributed by atoms with Crippen LogP contribution in [0, 0.1) is 5.92 Å². The first-order valence-electron chi connectivity index (χ1n) is 20.1. The maximum Gasteiger partial charge on any atom is 0.421 e. The molecule has 20 heteroatoms. The number of halogens is 6. The van der Waals surface area contributed by atoms with Gasteiger partial charge in [0.2, 0.25) is 27.8 Å². The van der Waals surface area contributed by atoms with Gasteiger partial charge in [0, 0.05) is 86.4 Å². The van der Waals surface area contributed by atoms with E-state index in [9.17, 15) is 45.1 Å². The monoisotopic (exact) mass is 882 g/mol. The minimum absolute atomic E-state index is 0.126. The van der Waals surface area contributed by atoms with E-state index in [0.29, 0.717) is 54.8 Å². The van der Waals surface area contributed by atoms with Gasteiger partial charge in [0.25, 0.3) is 6.43 Å². The van der Waals surface area contributed by atoms with Crippen molar-refractivity contribution < 1.29 is 45.1 Å². The van der Waals surface area contributed by atoms with Crippen molar-refractivity contribution in [3.8, 4) is 0 Å². The number of amides is 2. The van der Waals surface area contributed by atoms with Gasteiger partial charge < -0.3 is 20.2 Å². The van der Waals surface area contributed by atoms with Crippen molar-refractivity contribution in [1.82, 2.24) is 24.9 Å². The minimum atomic E-state index is -4.82. The maximum atomic E-state index is 14.4. The first kappa shape index (κ1) is 43.9. The summed E-state index contributed by atoms with van der Waals surface area (Å²) in [5.74, 6) is -1.61. The molecule has 1 aliphatic carbocycles. The Bertz CT molecular complexity index is 2180. The average Bonchev–Trinajstić information content (AvgIpc) is 3.18. The molecule has 7 rings (SSSR count). The summed E-state index contributed by atoms with van der Waals surface area (Å²) in [7, 11) is -4.21. The molecular weight excluding hydrogens is 835 g/mol. The van der Waals surface area contributed by atoms with E-state index in [4.69, 9.17) is 11.6 Å². The Morgan fingerprint density at radius 2 is 1.73 bits per heavy atom. The Labute approximate surface area is 350 Å². The van der Waals surface area contributed by atoms with Gasteiger partial charge in [0.15, 0.2) is 0 Å². The van der Waals surface area contributed by atoms with Crippen LogP contribution in [-0.2, 0) is 25.8 Å². The van der Waals surface area contributed by atoms with Gasteiger partial charge in [-0.05, 0) is 93.7 Å². The number of piperidine rings is 2. The number of rotatable bonds is 11. The van der Waals surface area contributed by atoms with E-state index >= 15 is 0 Å².